The molecule has 19 heavy (non-hydrogen) atoms. The average Bonchev–Trinajstić information content (AvgIpc) is 2.39. The number of nitrogens with one attached hydrogen (secondary N) is 1. The molecule has 0 aliphatic heterocycles. The number of amides is 1. The number of aromatic carboxylic acids is 1. The molecule has 2 rings (SSSR count). The van der Waals surface area contributed by atoms with Crippen molar-refractivity contribution in [2.45, 2.75) is 0 Å². The van der Waals surface area contributed by atoms with Gasteiger partial charge in [0.25, 0.3) is 5.91 Å². The molecule has 4 nitrogen and oxygen atoms in total. The Bertz CT molecular complexity index is 626. The third-order valence-electron chi connectivity index (χ3n) is 2.51. The van der Waals surface area contributed by atoms with Gasteiger partial charge in [-0.1, -0.05) is 24.3 Å². The SMILES string of the molecule is O=C(O)c1cccc(C(=O)Nc2ccccc2)c1F. The van der Waals surface area contributed by atoms with Gasteiger partial charge in [-0.15, -0.1) is 0 Å². The van der Waals surface area contributed by atoms with Crippen molar-refractivity contribution in [3.63, 3.8) is 0 Å². The second kappa shape index (κ2) is 5.30. The maximum atomic E-state index is 13.8. The zero-order valence-corrected chi connectivity index (χ0v) is 9.76. The molecule has 0 heterocycles. The first-order chi connectivity index (χ1) is 9.09. The van der Waals surface area contributed by atoms with E-state index in [1.165, 1.54) is 12.1 Å². The van der Waals surface area contributed by atoms with Crippen molar-refractivity contribution in [1.29, 1.82) is 0 Å². The molecule has 0 unspecified atom stereocenters. The van der Waals surface area contributed by atoms with Crippen LogP contribution in [0.1, 0.15) is 20.7 Å². The monoisotopic (exact) mass is 259 g/mol. The van der Waals surface area contributed by atoms with Gasteiger partial charge in [0.15, 0.2) is 0 Å². The van der Waals surface area contributed by atoms with Crippen molar-refractivity contribution in [2.24, 2.45) is 0 Å². The van der Waals surface area contributed by atoms with Gasteiger partial charge in [0.1, 0.15) is 5.82 Å². The van der Waals surface area contributed by atoms with E-state index < -0.39 is 23.3 Å². The normalized spacial score (nSPS) is 9.95. The Morgan fingerprint density at radius 2 is 1.58 bits per heavy atom. The summed E-state index contributed by atoms with van der Waals surface area (Å²) in [5, 5.41) is 11.3. The van der Waals surface area contributed by atoms with Crippen LogP contribution in [0.4, 0.5) is 10.1 Å². The maximum Gasteiger partial charge on any atom is 0.338 e. The van der Waals surface area contributed by atoms with Gasteiger partial charge in [-0.2, -0.15) is 0 Å². The number of carbonyl (C=O) groups is 2. The van der Waals surface area contributed by atoms with Crippen LogP contribution in [-0.4, -0.2) is 17.0 Å². The minimum Gasteiger partial charge on any atom is -0.478 e. The molecule has 2 aromatic carbocycles. The molecular weight excluding hydrogens is 249 g/mol. The molecule has 5 heteroatoms. The summed E-state index contributed by atoms with van der Waals surface area (Å²) < 4.78 is 13.8. The fourth-order valence-electron chi connectivity index (χ4n) is 1.59. The van der Waals surface area contributed by atoms with Crippen molar-refractivity contribution in [3.8, 4) is 0 Å². The highest BCUT2D eigenvalue weighted by molar-refractivity contribution is 6.05. The minimum absolute atomic E-state index is 0.302. The molecule has 0 spiro atoms. The average molecular weight is 259 g/mol. The van der Waals surface area contributed by atoms with E-state index in [1.807, 2.05) is 0 Å². The van der Waals surface area contributed by atoms with E-state index in [4.69, 9.17) is 5.11 Å². The molecule has 0 bridgehead atoms. The standard InChI is InChI=1S/C14H10FNO3/c15-12-10(7-4-8-11(12)14(18)19)13(17)16-9-5-2-1-3-6-9/h1-8H,(H,16,17)(H,18,19). The van der Waals surface area contributed by atoms with E-state index in [1.54, 1.807) is 30.3 Å². The molecule has 0 aliphatic rings. The zero-order valence-electron chi connectivity index (χ0n) is 9.76. The van der Waals surface area contributed by atoms with Gasteiger partial charge in [-0.25, -0.2) is 9.18 Å². The summed E-state index contributed by atoms with van der Waals surface area (Å²) in [6, 6.07) is 12.2. The smallest absolute Gasteiger partial charge is 0.338 e. The number of carboxylic acids is 1. The quantitative estimate of drug-likeness (QED) is 0.890. The van der Waals surface area contributed by atoms with Crippen LogP contribution < -0.4 is 5.32 Å². The second-order valence-corrected chi connectivity index (χ2v) is 3.79. The second-order valence-electron chi connectivity index (χ2n) is 3.79. The lowest BCUT2D eigenvalue weighted by Crippen LogP contribution is -2.15. The van der Waals surface area contributed by atoms with E-state index in [0.717, 1.165) is 6.07 Å². The predicted octanol–water partition coefficient (Wildman–Crippen LogP) is 2.78. The van der Waals surface area contributed by atoms with Crippen LogP contribution in [0.3, 0.4) is 0 Å². The number of carboxylic acid groups (broad SMARTS) is 1. The van der Waals surface area contributed by atoms with Crippen molar-refractivity contribution >= 4 is 17.6 Å². The van der Waals surface area contributed by atoms with Crippen molar-refractivity contribution in [3.05, 3.63) is 65.5 Å². The molecule has 0 aliphatic carbocycles. The highest BCUT2D eigenvalue weighted by Crippen LogP contribution is 2.15. The van der Waals surface area contributed by atoms with Crippen LogP contribution in [0, 0.1) is 5.82 Å². The van der Waals surface area contributed by atoms with Crippen LogP contribution >= 0.6 is 0 Å². The number of para-hydroxylation sites is 1. The minimum atomic E-state index is -1.41. The van der Waals surface area contributed by atoms with E-state index >= 15 is 0 Å². The lowest BCUT2D eigenvalue weighted by Gasteiger charge is -2.07. The van der Waals surface area contributed by atoms with Gasteiger partial charge in [0.2, 0.25) is 0 Å². The molecule has 2 aromatic rings. The number of hydrogen-bond donors (Lipinski definition) is 2. The lowest BCUT2D eigenvalue weighted by molar-refractivity contribution is 0.0692. The Balaban J connectivity index is 2.30. The Kier molecular flexibility index (Phi) is 3.56. The molecule has 0 atom stereocenters. The Hall–Kier alpha value is -2.69. The Morgan fingerprint density at radius 3 is 2.21 bits per heavy atom. The van der Waals surface area contributed by atoms with Gasteiger partial charge in [-0.05, 0) is 24.3 Å². The molecule has 0 fully saturated rings. The first kappa shape index (κ1) is 12.8. The number of hydrogen-bond acceptors (Lipinski definition) is 2. The number of rotatable bonds is 3. The van der Waals surface area contributed by atoms with Crippen molar-refractivity contribution in [1.82, 2.24) is 0 Å². The maximum absolute atomic E-state index is 13.8. The molecule has 0 saturated carbocycles. The number of carbonyl (C=O) groups excluding carboxylic acids is 1. The molecule has 2 N–H and O–H groups in total. The molecule has 0 aromatic heterocycles. The molecular formula is C14H10FNO3. The van der Waals surface area contributed by atoms with E-state index in [-0.39, 0.29) is 5.56 Å². The summed E-state index contributed by atoms with van der Waals surface area (Å²) in [4.78, 5) is 22.6. The number of anilines is 1. The zero-order chi connectivity index (χ0) is 13.8. The summed E-state index contributed by atoms with van der Waals surface area (Å²) in [5.74, 6) is -3.14. The Labute approximate surface area is 108 Å². The van der Waals surface area contributed by atoms with Gasteiger partial charge >= 0.3 is 5.97 Å². The molecule has 0 saturated heterocycles. The van der Waals surface area contributed by atoms with Gasteiger partial charge in [-0.3, -0.25) is 4.79 Å². The Morgan fingerprint density at radius 1 is 0.947 bits per heavy atom. The predicted molar refractivity (Wildman–Crippen MR) is 67.8 cm³/mol. The van der Waals surface area contributed by atoms with Crippen LogP contribution in [0.15, 0.2) is 48.5 Å². The van der Waals surface area contributed by atoms with Crippen LogP contribution in [-0.2, 0) is 0 Å². The van der Waals surface area contributed by atoms with Gasteiger partial charge in [0.05, 0.1) is 11.1 Å². The van der Waals surface area contributed by atoms with Gasteiger partial charge < -0.3 is 10.4 Å². The third kappa shape index (κ3) is 2.77. The third-order valence-corrected chi connectivity index (χ3v) is 2.51. The lowest BCUT2D eigenvalue weighted by atomic mass is 10.1. The van der Waals surface area contributed by atoms with Crippen molar-refractivity contribution in [2.75, 3.05) is 5.32 Å². The van der Waals surface area contributed by atoms with Gasteiger partial charge in [0, 0.05) is 5.69 Å². The largest absolute Gasteiger partial charge is 0.478 e. The number of halogens is 1. The molecule has 0 radical (unpaired) electrons. The topological polar surface area (TPSA) is 66.4 Å². The number of benzene rings is 2. The summed E-state index contributed by atoms with van der Waals surface area (Å²) in [6.45, 7) is 0. The molecule has 96 valence electrons. The fourth-order valence-corrected chi connectivity index (χ4v) is 1.59. The van der Waals surface area contributed by atoms with Crippen LogP contribution in [0.5, 0.6) is 0 Å². The first-order valence-electron chi connectivity index (χ1n) is 5.48. The fraction of sp³-hybridized carbons (Fsp3) is 0. The summed E-state index contributed by atoms with van der Waals surface area (Å²) in [5.41, 5.74) is -0.322. The highest BCUT2D eigenvalue weighted by atomic mass is 19.1. The highest BCUT2D eigenvalue weighted by Gasteiger charge is 2.18. The summed E-state index contributed by atoms with van der Waals surface area (Å²) in [6.07, 6.45) is 0. The molecule has 1 amide bonds. The first-order valence-corrected chi connectivity index (χ1v) is 5.48. The van der Waals surface area contributed by atoms with E-state index in [2.05, 4.69) is 5.32 Å². The van der Waals surface area contributed by atoms with Crippen LogP contribution in [0.2, 0.25) is 0 Å². The van der Waals surface area contributed by atoms with Crippen LogP contribution in [0.25, 0.3) is 0 Å². The van der Waals surface area contributed by atoms with E-state index in [9.17, 15) is 14.0 Å². The van der Waals surface area contributed by atoms with Crippen molar-refractivity contribution < 1.29 is 19.1 Å². The summed E-state index contributed by atoms with van der Waals surface area (Å²) >= 11 is 0. The summed E-state index contributed by atoms with van der Waals surface area (Å²) in [7, 11) is 0. The van der Waals surface area contributed by atoms with E-state index in [0.29, 0.717) is 5.69 Å².